The second-order valence-corrected chi connectivity index (χ2v) is 6.14. The van der Waals surface area contributed by atoms with E-state index in [1.165, 1.54) is 0 Å². The molecular formula is C16H20ClNO3. The molecule has 4 nitrogen and oxygen atoms in total. The molecule has 1 saturated carbocycles. The first-order valence-electron chi connectivity index (χ1n) is 7.24. The van der Waals surface area contributed by atoms with Crippen LogP contribution in [0.25, 0.3) is 0 Å². The van der Waals surface area contributed by atoms with Crippen molar-refractivity contribution < 1.29 is 14.7 Å². The standard InChI is InChI=1S/C16H20ClNO3/c1-10-8-13(6-7-14(10)17)15(19)18-9-11-2-4-12(5-3-11)16(20)21/h6-8,11-12H,2-5,9H2,1H3,(H,18,19)(H,20,21). The van der Waals surface area contributed by atoms with Gasteiger partial charge in [-0.15, -0.1) is 0 Å². The van der Waals surface area contributed by atoms with Gasteiger partial charge >= 0.3 is 5.97 Å². The lowest BCUT2D eigenvalue weighted by atomic mass is 9.82. The quantitative estimate of drug-likeness (QED) is 0.897. The van der Waals surface area contributed by atoms with E-state index in [4.69, 9.17) is 16.7 Å². The monoisotopic (exact) mass is 309 g/mol. The van der Waals surface area contributed by atoms with E-state index in [2.05, 4.69) is 5.32 Å². The summed E-state index contributed by atoms with van der Waals surface area (Å²) in [6, 6.07) is 5.22. The Balaban J connectivity index is 1.82. The summed E-state index contributed by atoms with van der Waals surface area (Å²) >= 11 is 5.94. The van der Waals surface area contributed by atoms with Crippen LogP contribution in [0.15, 0.2) is 18.2 Å². The van der Waals surface area contributed by atoms with E-state index in [9.17, 15) is 9.59 Å². The number of carboxylic acids is 1. The fourth-order valence-electron chi connectivity index (χ4n) is 2.74. The van der Waals surface area contributed by atoms with Crippen LogP contribution in [0, 0.1) is 18.8 Å². The Bertz CT molecular complexity index is 536. The number of hydrogen-bond donors (Lipinski definition) is 2. The van der Waals surface area contributed by atoms with Gasteiger partial charge in [0.15, 0.2) is 0 Å². The van der Waals surface area contributed by atoms with Crippen LogP contribution >= 0.6 is 11.6 Å². The van der Waals surface area contributed by atoms with Crippen LogP contribution in [0.4, 0.5) is 0 Å². The maximum Gasteiger partial charge on any atom is 0.306 e. The van der Waals surface area contributed by atoms with Crippen molar-refractivity contribution in [2.24, 2.45) is 11.8 Å². The second kappa shape index (κ2) is 6.94. The highest BCUT2D eigenvalue weighted by atomic mass is 35.5. The Morgan fingerprint density at radius 3 is 2.52 bits per heavy atom. The highest BCUT2D eigenvalue weighted by Gasteiger charge is 2.26. The molecule has 0 saturated heterocycles. The Kier molecular flexibility index (Phi) is 5.23. The molecule has 0 atom stereocenters. The van der Waals surface area contributed by atoms with E-state index in [0.717, 1.165) is 18.4 Å². The molecule has 2 N–H and O–H groups in total. The van der Waals surface area contributed by atoms with Gasteiger partial charge in [-0.3, -0.25) is 9.59 Å². The number of halogens is 1. The number of amides is 1. The minimum Gasteiger partial charge on any atom is -0.481 e. The van der Waals surface area contributed by atoms with Gasteiger partial charge in [0.2, 0.25) is 0 Å². The first kappa shape index (κ1) is 15.8. The first-order chi connectivity index (χ1) is 9.97. The van der Waals surface area contributed by atoms with Gasteiger partial charge < -0.3 is 10.4 Å². The van der Waals surface area contributed by atoms with Crippen molar-refractivity contribution in [1.82, 2.24) is 5.32 Å². The van der Waals surface area contributed by atoms with Crippen molar-refractivity contribution in [2.45, 2.75) is 32.6 Å². The maximum absolute atomic E-state index is 12.1. The molecule has 1 aromatic carbocycles. The number of carboxylic acid groups (broad SMARTS) is 1. The predicted octanol–water partition coefficient (Wildman–Crippen LogP) is 3.27. The van der Waals surface area contributed by atoms with Crippen molar-refractivity contribution in [3.8, 4) is 0 Å². The van der Waals surface area contributed by atoms with Crippen LogP contribution in [0.3, 0.4) is 0 Å². The fraction of sp³-hybridized carbons (Fsp3) is 0.500. The SMILES string of the molecule is Cc1cc(C(=O)NCC2CCC(C(=O)O)CC2)ccc1Cl. The molecule has 1 amide bonds. The molecule has 0 aromatic heterocycles. The zero-order chi connectivity index (χ0) is 15.4. The van der Waals surface area contributed by atoms with Crippen LogP contribution in [0.1, 0.15) is 41.6 Å². The molecule has 0 radical (unpaired) electrons. The summed E-state index contributed by atoms with van der Waals surface area (Å²) in [5, 5.41) is 12.5. The third-order valence-electron chi connectivity index (χ3n) is 4.17. The number of nitrogens with one attached hydrogen (secondary N) is 1. The van der Waals surface area contributed by atoms with E-state index in [0.29, 0.717) is 35.9 Å². The highest BCUT2D eigenvalue weighted by Crippen LogP contribution is 2.28. The van der Waals surface area contributed by atoms with Crippen LogP contribution in [-0.2, 0) is 4.79 Å². The maximum atomic E-state index is 12.1. The molecule has 2 rings (SSSR count). The van der Waals surface area contributed by atoms with Crippen LogP contribution in [0.5, 0.6) is 0 Å². The van der Waals surface area contributed by atoms with Crippen LogP contribution in [0.2, 0.25) is 5.02 Å². The number of aliphatic carboxylic acids is 1. The van der Waals surface area contributed by atoms with Gasteiger partial charge in [-0.25, -0.2) is 0 Å². The van der Waals surface area contributed by atoms with Crippen molar-refractivity contribution in [3.63, 3.8) is 0 Å². The first-order valence-corrected chi connectivity index (χ1v) is 7.62. The molecule has 114 valence electrons. The van der Waals surface area contributed by atoms with Gasteiger partial charge in [0.25, 0.3) is 5.91 Å². The Morgan fingerprint density at radius 1 is 1.29 bits per heavy atom. The zero-order valence-corrected chi connectivity index (χ0v) is 12.8. The smallest absolute Gasteiger partial charge is 0.306 e. The van der Waals surface area contributed by atoms with Crippen LogP contribution in [-0.4, -0.2) is 23.5 Å². The second-order valence-electron chi connectivity index (χ2n) is 5.73. The summed E-state index contributed by atoms with van der Waals surface area (Å²) in [5.74, 6) is -0.641. The number of hydrogen-bond acceptors (Lipinski definition) is 2. The van der Waals surface area contributed by atoms with Gasteiger partial charge in [-0.05, 0) is 62.3 Å². The normalized spacial score (nSPS) is 21.8. The third kappa shape index (κ3) is 4.21. The van der Waals surface area contributed by atoms with Crippen molar-refractivity contribution >= 4 is 23.5 Å². The predicted molar refractivity (Wildman–Crippen MR) is 81.6 cm³/mol. The largest absolute Gasteiger partial charge is 0.481 e. The summed E-state index contributed by atoms with van der Waals surface area (Å²) in [6.07, 6.45) is 3.12. The molecular weight excluding hydrogens is 290 g/mol. The molecule has 1 aliphatic carbocycles. The molecule has 1 aromatic rings. The molecule has 1 fully saturated rings. The average molecular weight is 310 g/mol. The van der Waals surface area contributed by atoms with E-state index in [-0.39, 0.29) is 11.8 Å². The van der Waals surface area contributed by atoms with Gasteiger partial charge in [0.1, 0.15) is 0 Å². The summed E-state index contributed by atoms with van der Waals surface area (Å²) in [6.45, 7) is 2.47. The zero-order valence-electron chi connectivity index (χ0n) is 12.1. The average Bonchev–Trinajstić information content (AvgIpc) is 2.48. The molecule has 0 spiro atoms. The summed E-state index contributed by atoms with van der Waals surface area (Å²) in [5.41, 5.74) is 1.49. The van der Waals surface area contributed by atoms with Gasteiger partial charge in [0, 0.05) is 17.1 Å². The number of carbonyl (C=O) groups excluding carboxylic acids is 1. The lowest BCUT2D eigenvalue weighted by molar-refractivity contribution is -0.143. The van der Waals surface area contributed by atoms with Crippen molar-refractivity contribution in [3.05, 3.63) is 34.3 Å². The molecule has 0 heterocycles. The van der Waals surface area contributed by atoms with E-state index >= 15 is 0 Å². The van der Waals surface area contributed by atoms with E-state index in [1.807, 2.05) is 6.92 Å². The minimum absolute atomic E-state index is 0.102. The Labute approximate surface area is 129 Å². The number of carbonyl (C=O) groups is 2. The highest BCUT2D eigenvalue weighted by molar-refractivity contribution is 6.31. The fourth-order valence-corrected chi connectivity index (χ4v) is 2.86. The Hall–Kier alpha value is -1.55. The van der Waals surface area contributed by atoms with Crippen molar-refractivity contribution in [2.75, 3.05) is 6.54 Å². The molecule has 0 unspecified atom stereocenters. The topological polar surface area (TPSA) is 66.4 Å². The van der Waals surface area contributed by atoms with Gasteiger partial charge in [-0.2, -0.15) is 0 Å². The lowest BCUT2D eigenvalue weighted by Crippen LogP contribution is -2.32. The van der Waals surface area contributed by atoms with E-state index in [1.54, 1.807) is 18.2 Å². The third-order valence-corrected chi connectivity index (χ3v) is 4.59. The lowest BCUT2D eigenvalue weighted by Gasteiger charge is -2.26. The number of rotatable bonds is 4. The summed E-state index contributed by atoms with van der Waals surface area (Å²) < 4.78 is 0. The number of aryl methyl sites for hydroxylation is 1. The van der Waals surface area contributed by atoms with Crippen molar-refractivity contribution in [1.29, 1.82) is 0 Å². The van der Waals surface area contributed by atoms with Gasteiger partial charge in [-0.1, -0.05) is 11.6 Å². The number of benzene rings is 1. The Morgan fingerprint density at radius 2 is 1.95 bits per heavy atom. The van der Waals surface area contributed by atoms with E-state index < -0.39 is 5.97 Å². The van der Waals surface area contributed by atoms with Crippen LogP contribution < -0.4 is 5.32 Å². The summed E-state index contributed by atoms with van der Waals surface area (Å²) in [7, 11) is 0. The van der Waals surface area contributed by atoms with Gasteiger partial charge in [0.05, 0.1) is 5.92 Å². The summed E-state index contributed by atoms with van der Waals surface area (Å²) in [4.78, 5) is 23.0. The minimum atomic E-state index is -0.700. The molecule has 0 bridgehead atoms. The molecule has 5 heteroatoms. The molecule has 21 heavy (non-hydrogen) atoms. The molecule has 1 aliphatic rings. The molecule has 0 aliphatic heterocycles.